The Morgan fingerprint density at radius 2 is 1.05 bits per heavy atom. The van der Waals surface area contributed by atoms with Gasteiger partial charge >= 0.3 is 0 Å². The Morgan fingerprint density at radius 3 is 1.64 bits per heavy atom. The molecule has 5 rings (SSSR count). The van der Waals surface area contributed by atoms with Crippen LogP contribution in [0.2, 0.25) is 0 Å². The number of nitro groups is 6. The second-order valence-electron chi connectivity index (χ2n) is 24.5. The van der Waals surface area contributed by atoms with Crippen LogP contribution in [0, 0.1) is 60.7 Å². The summed E-state index contributed by atoms with van der Waals surface area (Å²) >= 11 is 0. The number of quaternary nitrogens is 1. The maximum Gasteiger partial charge on any atom is 0.286 e. The van der Waals surface area contributed by atoms with E-state index in [0.29, 0.717) is 52.2 Å². The number of rotatable bonds is 52. The van der Waals surface area contributed by atoms with E-state index in [1.54, 1.807) is 0 Å². The number of unbranched alkanes of at least 4 members (excludes halogenated alkanes) is 9. The van der Waals surface area contributed by atoms with E-state index in [0.717, 1.165) is 93.0 Å². The fourth-order valence-electron chi connectivity index (χ4n) is 10.9. The van der Waals surface area contributed by atoms with Crippen molar-refractivity contribution in [3.63, 3.8) is 0 Å². The molecule has 0 radical (unpaired) electrons. The van der Waals surface area contributed by atoms with Crippen LogP contribution in [-0.2, 0) is 46.3 Å². The van der Waals surface area contributed by atoms with Gasteiger partial charge in [0.1, 0.15) is 23.7 Å². The van der Waals surface area contributed by atoms with Crippen molar-refractivity contribution >= 4 is 91.6 Å². The number of nitrogens with one attached hydrogen (secondary N) is 1. The third-order valence-electron chi connectivity index (χ3n) is 16.4. The van der Waals surface area contributed by atoms with Crippen molar-refractivity contribution in [2.45, 2.75) is 135 Å². The lowest BCUT2D eigenvalue weighted by Gasteiger charge is -2.29. The Labute approximate surface area is 569 Å². The molecule has 0 bridgehead atoms. The first-order valence-electron chi connectivity index (χ1n) is 33.3. The van der Waals surface area contributed by atoms with Crippen molar-refractivity contribution in [2.24, 2.45) is 0 Å². The van der Waals surface area contributed by atoms with Crippen molar-refractivity contribution in [3.05, 3.63) is 162 Å². The number of carbonyl (C=O) groups excluding carboxylic acids is 3. The van der Waals surface area contributed by atoms with Gasteiger partial charge in [-0.3, -0.25) is 75.1 Å². The molecule has 0 unspecified atom stereocenters. The maximum atomic E-state index is 12.8. The molecule has 0 fully saturated rings. The summed E-state index contributed by atoms with van der Waals surface area (Å²) in [5.41, 5.74) is -8.23. The van der Waals surface area contributed by atoms with Crippen molar-refractivity contribution in [3.8, 4) is 0 Å². The molecule has 532 valence electrons. The zero-order valence-electron chi connectivity index (χ0n) is 56.5. The molecule has 1 aromatic heterocycles. The van der Waals surface area contributed by atoms with Gasteiger partial charge in [0, 0.05) is 88.2 Å². The molecule has 0 aliphatic rings. The van der Waals surface area contributed by atoms with Gasteiger partial charge in [0.05, 0.1) is 114 Å². The van der Waals surface area contributed by atoms with Crippen molar-refractivity contribution in [1.29, 1.82) is 0 Å². The highest BCUT2D eigenvalue weighted by molar-refractivity contribution is 5.94. The van der Waals surface area contributed by atoms with Gasteiger partial charge < -0.3 is 39.0 Å². The SMILES string of the molecule is CCCC[N+](C)(C)CCC[n+]1ccc(/C=C/c2ccc3cc(N(C)CCOCCOCCCC(=O)CCCCCCCCCCCNC(=O)COCCOCCCC(=O)CCc4c([N+](=O)[O-])cc([N+](=O)[O-])c([N-]c5c([N+](=O)[O-])cc([N+](=O)[O-])cc5[N+](=O)[O-])c4[N+](=O)[O-])ccc3c2)cc1. The molecule has 1 amide bonds. The van der Waals surface area contributed by atoms with E-state index in [-0.39, 0.29) is 69.2 Å². The molecule has 1 heterocycles. The molecular formula is C68H92N11O19+. The summed E-state index contributed by atoms with van der Waals surface area (Å²) < 4.78 is 25.7. The fourth-order valence-corrected chi connectivity index (χ4v) is 10.9. The number of likely N-dealkylation sites (N-methyl/N-ethyl adjacent to an activating group) is 1. The Morgan fingerprint density at radius 1 is 0.531 bits per heavy atom. The Kier molecular flexibility index (Phi) is 34.3. The summed E-state index contributed by atoms with van der Waals surface area (Å²) in [4.78, 5) is 103. The Hall–Kier alpha value is -9.36. The minimum atomic E-state index is -1.45. The normalized spacial score (nSPS) is 11.5. The fraction of sp³-hybridized carbons (Fsp3) is 0.529. The van der Waals surface area contributed by atoms with Gasteiger partial charge in [-0.1, -0.05) is 88.6 Å². The lowest BCUT2D eigenvalue weighted by molar-refractivity contribution is -0.893. The van der Waals surface area contributed by atoms with Crippen LogP contribution in [0.4, 0.5) is 51.2 Å². The van der Waals surface area contributed by atoms with Gasteiger partial charge in [-0.05, 0) is 78.6 Å². The minimum absolute atomic E-state index is 0.0380. The number of aryl methyl sites for hydroxylation is 1. The van der Waals surface area contributed by atoms with Crippen LogP contribution in [0.5, 0.6) is 0 Å². The second-order valence-corrected chi connectivity index (χ2v) is 24.5. The number of hydrogen-bond acceptors (Lipinski definition) is 20. The lowest BCUT2D eigenvalue weighted by atomic mass is 9.99. The highest BCUT2D eigenvalue weighted by Gasteiger charge is 2.35. The van der Waals surface area contributed by atoms with Gasteiger partial charge in [-0.25, -0.2) is 4.57 Å². The highest BCUT2D eigenvalue weighted by Crippen LogP contribution is 2.55. The van der Waals surface area contributed by atoms with Crippen LogP contribution >= 0.6 is 0 Å². The predicted molar refractivity (Wildman–Crippen MR) is 369 cm³/mol. The maximum absolute atomic E-state index is 12.8. The summed E-state index contributed by atoms with van der Waals surface area (Å²) in [5, 5.41) is 80.2. The van der Waals surface area contributed by atoms with Crippen LogP contribution in [0.15, 0.2) is 79.1 Å². The summed E-state index contributed by atoms with van der Waals surface area (Å²) in [7, 11) is 6.73. The van der Waals surface area contributed by atoms with E-state index < -0.39 is 99.2 Å². The molecule has 30 nitrogen and oxygen atoms in total. The topological polar surface area (TPSA) is 380 Å². The molecule has 98 heavy (non-hydrogen) atoms. The molecule has 0 saturated heterocycles. The number of ketones is 2. The number of nitro benzene ring substituents is 6. The third-order valence-corrected chi connectivity index (χ3v) is 16.4. The molecule has 1 N–H and O–H groups in total. The van der Waals surface area contributed by atoms with E-state index in [4.69, 9.17) is 18.9 Å². The standard InChI is InChI=1S/C68H91N11O19/c1-5-6-37-79(3,4)38-18-33-72-34-30-52(31-35-72)22-23-53-24-25-55-47-56(27-26-54(55)46-53)71(2)36-41-97-43-42-95-39-16-20-58(80)19-14-12-10-8-7-9-11-13-15-32-69-65(82)51-98-45-44-96-40-17-21-59(81)28-29-60-61(74(85)86)50-64(77(91)92)67(68(60)78(93)94)70-66-62(75(87)88)48-57(73(83)84)49-63(66)76(89)90/h22-27,30-31,34-35,46-50H,5-21,28-29,32-33,36-45,51H2,1-4H3/p+1. The lowest BCUT2D eigenvalue weighted by Crippen LogP contribution is -2.43. The van der Waals surface area contributed by atoms with Gasteiger partial charge in [0.15, 0.2) is 18.9 Å². The molecule has 4 aromatic carbocycles. The van der Waals surface area contributed by atoms with Crippen molar-refractivity contribution in [2.75, 3.05) is 105 Å². The second kappa shape index (κ2) is 42.3. The number of pyridine rings is 1. The largest absolute Gasteiger partial charge is 0.635 e. The van der Waals surface area contributed by atoms with E-state index in [1.807, 2.05) is 0 Å². The summed E-state index contributed by atoms with van der Waals surface area (Å²) in [5.74, 6) is -0.591. The van der Waals surface area contributed by atoms with Gasteiger partial charge in [-0.15, -0.1) is 0 Å². The molecular weight excluding hydrogens is 1270 g/mol. The van der Waals surface area contributed by atoms with Gasteiger partial charge in [0.2, 0.25) is 5.91 Å². The number of benzene rings is 4. The van der Waals surface area contributed by atoms with Gasteiger partial charge in [-0.2, -0.15) is 0 Å². The quantitative estimate of drug-likeness (QED) is 0.0124. The molecule has 0 aliphatic carbocycles. The zero-order valence-corrected chi connectivity index (χ0v) is 56.5. The Bertz CT molecular complexity index is 3500. The van der Waals surface area contributed by atoms with E-state index in [2.05, 4.69) is 121 Å². The monoisotopic (exact) mass is 1370 g/mol. The number of aromatic nitrogens is 1. The first-order chi connectivity index (χ1) is 47.0. The molecule has 0 aliphatic heterocycles. The molecule has 5 aromatic rings. The van der Waals surface area contributed by atoms with E-state index in [9.17, 15) is 75.1 Å². The van der Waals surface area contributed by atoms with Crippen LogP contribution < -0.4 is 14.8 Å². The molecule has 0 atom stereocenters. The van der Waals surface area contributed by atoms with Crippen molar-refractivity contribution in [1.82, 2.24) is 5.32 Å². The van der Waals surface area contributed by atoms with Crippen molar-refractivity contribution < 1.29 is 71.9 Å². The average Bonchev–Trinajstić information content (AvgIpc) is 0.762. The first kappa shape index (κ1) is 79.3. The molecule has 0 saturated carbocycles. The number of non-ortho nitro benzene ring substituents is 1. The van der Waals surface area contributed by atoms with Crippen LogP contribution in [0.3, 0.4) is 0 Å². The zero-order chi connectivity index (χ0) is 71.4. The van der Waals surface area contributed by atoms with Crippen LogP contribution in [0.25, 0.3) is 28.2 Å². The Balaban J connectivity index is 0.818. The summed E-state index contributed by atoms with van der Waals surface area (Å²) in [6.45, 7) is 9.00. The smallest absolute Gasteiger partial charge is 0.286 e. The number of anilines is 1. The summed E-state index contributed by atoms with van der Waals surface area (Å²) in [6, 6.07) is 18.2. The predicted octanol–water partition coefficient (Wildman–Crippen LogP) is 13.2. The van der Waals surface area contributed by atoms with Gasteiger partial charge in [0.25, 0.3) is 34.1 Å². The molecule has 30 heteroatoms. The van der Waals surface area contributed by atoms with Crippen LogP contribution in [-0.4, -0.2) is 152 Å². The van der Waals surface area contributed by atoms with Crippen LogP contribution in [0.1, 0.15) is 139 Å². The number of Topliss-reactive ketones (excluding diaryl/α,β-unsaturated/α-hetero) is 2. The minimum Gasteiger partial charge on any atom is -0.635 e. The number of ether oxygens (including phenoxy) is 4. The van der Waals surface area contributed by atoms with E-state index >= 15 is 0 Å². The number of carbonyl (C=O) groups is 3. The summed E-state index contributed by atoms with van der Waals surface area (Å²) in [6.07, 6.45) is 21.9. The number of amides is 1. The number of hydrogen-bond donors (Lipinski definition) is 1. The number of nitrogens with zero attached hydrogens (tertiary/aromatic N) is 10. The molecule has 0 spiro atoms. The average molecular weight is 1370 g/mol. The van der Waals surface area contributed by atoms with E-state index in [1.165, 1.54) is 42.3 Å². The highest BCUT2D eigenvalue weighted by atomic mass is 16.7. The first-order valence-corrected chi connectivity index (χ1v) is 33.3. The third kappa shape index (κ3) is 28.0. The number of fused-ring (bicyclic) bond motifs is 1.